The van der Waals surface area contributed by atoms with Gasteiger partial charge in [-0.2, -0.15) is 5.26 Å². The smallest absolute Gasteiger partial charge is 0.0998 e. The third kappa shape index (κ3) is 4.46. The molecule has 5 rings (SSSR count). The van der Waals surface area contributed by atoms with Crippen LogP contribution in [0.2, 0.25) is 0 Å². The van der Waals surface area contributed by atoms with Gasteiger partial charge in [0.15, 0.2) is 0 Å². The first kappa shape index (κ1) is 21.2. The first-order valence-electron chi connectivity index (χ1n) is 11.3. The summed E-state index contributed by atoms with van der Waals surface area (Å²) in [5.41, 5.74) is 6.99. The molecule has 0 aliphatic heterocycles. The van der Waals surface area contributed by atoms with Crippen LogP contribution in [0, 0.1) is 18.3 Å². The van der Waals surface area contributed by atoms with Crippen LogP contribution in [0.15, 0.2) is 121 Å². The lowest BCUT2D eigenvalue weighted by Crippen LogP contribution is -2.09. The molecule has 0 fully saturated rings. The first-order valence-corrected chi connectivity index (χ1v) is 11.3. The Morgan fingerprint density at radius 1 is 0.647 bits per heavy atom. The van der Waals surface area contributed by atoms with Crippen molar-refractivity contribution in [1.29, 1.82) is 5.26 Å². The molecular weight excluding hydrogens is 412 g/mol. The number of benzene rings is 5. The number of hydrogen-bond acceptors (Lipinski definition) is 2. The monoisotopic (exact) mass is 436 g/mol. The van der Waals surface area contributed by atoms with Crippen molar-refractivity contribution in [2.45, 2.75) is 6.92 Å². The molecule has 0 amide bonds. The fourth-order valence-electron chi connectivity index (χ4n) is 4.14. The van der Waals surface area contributed by atoms with Gasteiger partial charge in [-0.05, 0) is 71.3 Å². The van der Waals surface area contributed by atoms with Gasteiger partial charge in [-0.3, -0.25) is 0 Å². The van der Waals surface area contributed by atoms with Gasteiger partial charge in [0.05, 0.1) is 11.6 Å². The van der Waals surface area contributed by atoms with Crippen LogP contribution in [0.25, 0.3) is 22.4 Å². The topological polar surface area (TPSA) is 27.0 Å². The van der Waals surface area contributed by atoms with Crippen molar-refractivity contribution in [3.8, 4) is 6.07 Å². The number of nitriles is 1. The number of anilines is 3. The van der Waals surface area contributed by atoms with Gasteiger partial charge in [0.25, 0.3) is 0 Å². The third-order valence-electron chi connectivity index (χ3n) is 5.95. The summed E-state index contributed by atoms with van der Waals surface area (Å²) >= 11 is 0. The van der Waals surface area contributed by atoms with Gasteiger partial charge in [-0.15, -0.1) is 0 Å². The Morgan fingerprint density at radius 2 is 1.26 bits per heavy atom. The normalized spacial score (nSPS) is 11.2. The minimum atomic E-state index is 0.646. The number of fused-ring (bicyclic) bond motifs is 1. The van der Waals surface area contributed by atoms with E-state index in [0.29, 0.717) is 5.57 Å². The predicted molar refractivity (Wildman–Crippen MR) is 143 cm³/mol. The molecule has 0 spiro atoms. The molecule has 0 saturated carbocycles. The van der Waals surface area contributed by atoms with Crippen LogP contribution in [-0.2, 0) is 0 Å². The Kier molecular flexibility index (Phi) is 5.93. The Labute approximate surface area is 200 Å². The molecule has 0 radical (unpaired) electrons. The SMILES string of the molecule is Cc1ccc(/C=C(\C#N)c2ccc(N(c3ccccc3)c3ccc4ccccc4c3)cc2)cc1. The van der Waals surface area contributed by atoms with E-state index in [9.17, 15) is 5.26 Å². The van der Waals surface area contributed by atoms with Crippen molar-refractivity contribution in [3.63, 3.8) is 0 Å². The van der Waals surface area contributed by atoms with Crippen LogP contribution in [0.1, 0.15) is 16.7 Å². The minimum Gasteiger partial charge on any atom is -0.310 e. The van der Waals surface area contributed by atoms with Crippen molar-refractivity contribution in [1.82, 2.24) is 0 Å². The molecule has 0 aliphatic rings. The van der Waals surface area contributed by atoms with E-state index in [1.807, 2.05) is 36.4 Å². The van der Waals surface area contributed by atoms with Crippen molar-refractivity contribution in [2.75, 3.05) is 4.90 Å². The highest BCUT2D eigenvalue weighted by atomic mass is 15.1. The largest absolute Gasteiger partial charge is 0.310 e. The fourth-order valence-corrected chi connectivity index (χ4v) is 4.14. The molecule has 0 saturated heterocycles. The van der Waals surface area contributed by atoms with Crippen LogP contribution in [0.5, 0.6) is 0 Å². The van der Waals surface area contributed by atoms with Crippen molar-refractivity contribution in [2.24, 2.45) is 0 Å². The average molecular weight is 437 g/mol. The highest BCUT2D eigenvalue weighted by Crippen LogP contribution is 2.36. The van der Waals surface area contributed by atoms with E-state index < -0.39 is 0 Å². The Morgan fingerprint density at radius 3 is 1.97 bits per heavy atom. The van der Waals surface area contributed by atoms with Gasteiger partial charge in [-0.25, -0.2) is 0 Å². The summed E-state index contributed by atoms with van der Waals surface area (Å²) in [5, 5.41) is 12.2. The molecule has 0 N–H and O–H groups in total. The van der Waals surface area contributed by atoms with Gasteiger partial charge >= 0.3 is 0 Å². The number of hydrogen-bond donors (Lipinski definition) is 0. The zero-order chi connectivity index (χ0) is 23.3. The Hall–Kier alpha value is -4.61. The van der Waals surface area contributed by atoms with Crippen LogP contribution < -0.4 is 4.90 Å². The summed E-state index contributed by atoms with van der Waals surface area (Å²) in [7, 11) is 0. The highest BCUT2D eigenvalue weighted by Gasteiger charge is 2.13. The van der Waals surface area contributed by atoms with E-state index in [4.69, 9.17) is 0 Å². The maximum Gasteiger partial charge on any atom is 0.0998 e. The van der Waals surface area contributed by atoms with Crippen LogP contribution >= 0.6 is 0 Å². The third-order valence-corrected chi connectivity index (χ3v) is 5.95. The number of allylic oxidation sites excluding steroid dienone is 1. The van der Waals surface area contributed by atoms with Crippen molar-refractivity contribution in [3.05, 3.63) is 138 Å². The van der Waals surface area contributed by atoms with Crippen LogP contribution in [-0.4, -0.2) is 0 Å². The first-order chi connectivity index (χ1) is 16.7. The summed E-state index contributed by atoms with van der Waals surface area (Å²) in [5.74, 6) is 0. The lowest BCUT2D eigenvalue weighted by atomic mass is 10.0. The molecule has 34 heavy (non-hydrogen) atoms. The zero-order valence-corrected chi connectivity index (χ0v) is 19.0. The molecule has 0 heterocycles. The summed E-state index contributed by atoms with van der Waals surface area (Å²) < 4.78 is 0. The predicted octanol–water partition coefficient (Wildman–Crippen LogP) is 8.68. The maximum absolute atomic E-state index is 9.80. The molecule has 0 aliphatic carbocycles. The van der Waals surface area contributed by atoms with E-state index in [-0.39, 0.29) is 0 Å². The van der Waals surface area contributed by atoms with E-state index >= 15 is 0 Å². The molecule has 162 valence electrons. The molecule has 0 unspecified atom stereocenters. The summed E-state index contributed by atoms with van der Waals surface area (Å²) in [6, 6.07) is 44.1. The molecule has 5 aromatic carbocycles. The quantitative estimate of drug-likeness (QED) is 0.203. The van der Waals surface area contributed by atoms with Gasteiger partial charge < -0.3 is 4.90 Å². The number of nitrogens with zero attached hydrogens (tertiary/aromatic N) is 2. The van der Waals surface area contributed by atoms with Crippen molar-refractivity contribution < 1.29 is 0 Å². The molecule has 0 bridgehead atoms. The van der Waals surface area contributed by atoms with Gasteiger partial charge in [0, 0.05) is 17.1 Å². The van der Waals surface area contributed by atoms with E-state index in [2.05, 4.69) is 109 Å². The maximum atomic E-state index is 9.80. The summed E-state index contributed by atoms with van der Waals surface area (Å²) in [6.07, 6.45) is 1.94. The summed E-state index contributed by atoms with van der Waals surface area (Å²) in [6.45, 7) is 2.06. The summed E-state index contributed by atoms with van der Waals surface area (Å²) in [4.78, 5) is 2.24. The minimum absolute atomic E-state index is 0.646. The second-order valence-electron chi connectivity index (χ2n) is 8.33. The van der Waals surface area contributed by atoms with E-state index in [0.717, 1.165) is 28.2 Å². The zero-order valence-electron chi connectivity index (χ0n) is 19.0. The lowest BCUT2D eigenvalue weighted by Gasteiger charge is -2.26. The van der Waals surface area contributed by atoms with Gasteiger partial charge in [-0.1, -0.05) is 90.5 Å². The van der Waals surface area contributed by atoms with Gasteiger partial charge in [0.2, 0.25) is 0 Å². The van der Waals surface area contributed by atoms with E-state index in [1.54, 1.807) is 0 Å². The number of para-hydroxylation sites is 1. The molecule has 2 nitrogen and oxygen atoms in total. The molecule has 0 aromatic heterocycles. The second kappa shape index (κ2) is 9.48. The molecule has 5 aromatic rings. The van der Waals surface area contributed by atoms with Gasteiger partial charge in [0.1, 0.15) is 0 Å². The van der Waals surface area contributed by atoms with Crippen LogP contribution in [0.3, 0.4) is 0 Å². The average Bonchev–Trinajstić information content (AvgIpc) is 2.89. The molecule has 0 atom stereocenters. The number of aryl methyl sites for hydroxylation is 1. The highest BCUT2D eigenvalue weighted by molar-refractivity contribution is 5.91. The second-order valence-corrected chi connectivity index (χ2v) is 8.33. The standard InChI is InChI=1S/C32H24N2/c1-24-11-13-25(14-12-24)21-29(23-33)27-15-18-31(19-16-27)34(30-9-3-2-4-10-30)32-20-17-26-7-5-6-8-28(26)22-32/h2-22H,1H3/b29-21+. The molecular formula is C32H24N2. The number of rotatable bonds is 5. The lowest BCUT2D eigenvalue weighted by molar-refractivity contribution is 1.29. The Balaban J connectivity index is 1.54. The Bertz CT molecular complexity index is 1490. The fraction of sp³-hybridized carbons (Fsp3) is 0.0312. The van der Waals surface area contributed by atoms with Crippen LogP contribution in [0.4, 0.5) is 17.1 Å². The van der Waals surface area contributed by atoms with E-state index in [1.165, 1.54) is 16.3 Å². The molecule has 2 heteroatoms. The van der Waals surface area contributed by atoms with Crippen molar-refractivity contribution >= 4 is 39.5 Å².